The molecule has 1 aliphatic rings. The number of para-hydroxylation sites is 1. The summed E-state index contributed by atoms with van der Waals surface area (Å²) in [6.07, 6.45) is 1.57. The Morgan fingerprint density at radius 1 is 1.44 bits per heavy atom. The molecule has 1 aromatic heterocycles. The predicted octanol–water partition coefficient (Wildman–Crippen LogP) is -3.11. The van der Waals surface area contributed by atoms with Gasteiger partial charge >= 0.3 is 29.6 Å². The number of carbonyl (C=O) groups is 2. The van der Waals surface area contributed by atoms with Crippen LogP contribution in [0.25, 0.3) is 10.9 Å². The molecule has 0 aliphatic carbocycles. The van der Waals surface area contributed by atoms with E-state index in [0.29, 0.717) is 5.56 Å². The monoisotopic (exact) mass is 252 g/mol. The van der Waals surface area contributed by atoms with Gasteiger partial charge in [-0.25, -0.2) is 0 Å². The van der Waals surface area contributed by atoms with E-state index in [2.05, 4.69) is 5.32 Å². The van der Waals surface area contributed by atoms with Gasteiger partial charge < -0.3 is 19.8 Å². The Morgan fingerprint density at radius 3 is 2.94 bits per heavy atom. The first-order valence-electron chi connectivity index (χ1n) is 5.25. The van der Waals surface area contributed by atoms with Gasteiger partial charge in [0.05, 0.1) is 11.2 Å². The smallest absolute Gasteiger partial charge is 0.550 e. The second-order valence-electron chi connectivity index (χ2n) is 4.08. The van der Waals surface area contributed by atoms with Crippen LogP contribution >= 0.6 is 0 Å². The molecule has 0 radical (unpaired) electrons. The van der Waals surface area contributed by atoms with Crippen molar-refractivity contribution in [2.45, 2.75) is 13.0 Å². The van der Waals surface area contributed by atoms with Crippen LogP contribution in [0, 0.1) is 0 Å². The quantitative estimate of drug-likeness (QED) is 0.575. The molecule has 2 heterocycles. The standard InChI is InChI=1S/C12H10N2O3.Na/c15-10-6-14-5-7(4-11(16)17)8-2-1-3-9(13-10)12(8)14;/h1-3,5H,4,6H2,(H,13,15)(H,16,17);/q;+1/p-1. The van der Waals surface area contributed by atoms with Gasteiger partial charge in [-0.2, -0.15) is 0 Å². The Bertz CT molecular complexity index is 648. The zero-order valence-corrected chi connectivity index (χ0v) is 11.9. The van der Waals surface area contributed by atoms with Gasteiger partial charge in [-0.1, -0.05) is 12.1 Å². The second kappa shape index (κ2) is 4.76. The summed E-state index contributed by atoms with van der Waals surface area (Å²) in [6.45, 7) is 0.223. The molecule has 2 aromatic rings. The van der Waals surface area contributed by atoms with E-state index in [4.69, 9.17) is 0 Å². The second-order valence-corrected chi connectivity index (χ2v) is 4.08. The summed E-state index contributed by atoms with van der Waals surface area (Å²) in [5.74, 6) is -1.21. The van der Waals surface area contributed by atoms with Crippen LogP contribution in [0.5, 0.6) is 0 Å². The van der Waals surface area contributed by atoms with Crippen LogP contribution in [0.2, 0.25) is 0 Å². The van der Waals surface area contributed by atoms with Gasteiger partial charge in [0.2, 0.25) is 5.91 Å². The number of benzene rings is 1. The molecule has 6 heteroatoms. The van der Waals surface area contributed by atoms with Gasteiger partial charge in [0.25, 0.3) is 0 Å². The number of aliphatic carboxylic acids is 1. The minimum atomic E-state index is -1.12. The number of carboxylic acid groups (broad SMARTS) is 1. The normalized spacial score (nSPS) is 13.0. The number of anilines is 1. The van der Waals surface area contributed by atoms with Crippen LogP contribution in [0.3, 0.4) is 0 Å². The van der Waals surface area contributed by atoms with Crippen molar-refractivity contribution in [3.63, 3.8) is 0 Å². The van der Waals surface area contributed by atoms with Gasteiger partial charge in [0, 0.05) is 24.0 Å². The Labute approximate surface area is 125 Å². The van der Waals surface area contributed by atoms with E-state index in [0.717, 1.165) is 16.6 Å². The molecule has 18 heavy (non-hydrogen) atoms. The number of carbonyl (C=O) groups excluding carboxylic acids is 2. The maximum Gasteiger partial charge on any atom is 1.00 e. The van der Waals surface area contributed by atoms with Gasteiger partial charge in [0.15, 0.2) is 0 Å². The van der Waals surface area contributed by atoms with Crippen molar-refractivity contribution in [3.05, 3.63) is 30.0 Å². The largest absolute Gasteiger partial charge is 1.00 e. The number of rotatable bonds is 2. The van der Waals surface area contributed by atoms with Crippen molar-refractivity contribution in [3.8, 4) is 0 Å². The van der Waals surface area contributed by atoms with Crippen LogP contribution in [-0.4, -0.2) is 16.4 Å². The minimum absolute atomic E-state index is 0. The molecule has 0 saturated carbocycles. The van der Waals surface area contributed by atoms with Crippen LogP contribution in [-0.2, 0) is 22.6 Å². The number of amides is 1. The summed E-state index contributed by atoms with van der Waals surface area (Å²) < 4.78 is 1.78. The van der Waals surface area contributed by atoms with E-state index in [9.17, 15) is 14.7 Å². The van der Waals surface area contributed by atoms with Crippen molar-refractivity contribution in [2.24, 2.45) is 0 Å². The van der Waals surface area contributed by atoms with Gasteiger partial charge in [-0.15, -0.1) is 0 Å². The fraction of sp³-hybridized carbons (Fsp3) is 0.167. The molecule has 0 bridgehead atoms. The van der Waals surface area contributed by atoms with Crippen LogP contribution in [0.1, 0.15) is 5.56 Å². The Hall–Kier alpha value is -1.30. The third-order valence-corrected chi connectivity index (χ3v) is 2.90. The fourth-order valence-electron chi connectivity index (χ4n) is 2.30. The molecule has 0 fully saturated rings. The first kappa shape index (κ1) is 13.1. The van der Waals surface area contributed by atoms with E-state index in [1.54, 1.807) is 22.9 Å². The molecule has 1 N–H and O–H groups in total. The van der Waals surface area contributed by atoms with Crippen LogP contribution in [0.15, 0.2) is 24.4 Å². The van der Waals surface area contributed by atoms with E-state index in [1.807, 2.05) is 6.07 Å². The fourth-order valence-corrected chi connectivity index (χ4v) is 2.30. The Kier molecular flexibility index (Phi) is 3.47. The Morgan fingerprint density at radius 2 is 2.22 bits per heavy atom. The molecular formula is C12H9N2NaO3. The number of carboxylic acids is 1. The molecule has 1 aromatic carbocycles. The summed E-state index contributed by atoms with van der Waals surface area (Å²) >= 11 is 0. The van der Waals surface area contributed by atoms with E-state index < -0.39 is 5.97 Å². The first-order valence-corrected chi connectivity index (χ1v) is 5.25. The van der Waals surface area contributed by atoms with Crippen LogP contribution < -0.4 is 40.0 Å². The van der Waals surface area contributed by atoms with E-state index >= 15 is 0 Å². The summed E-state index contributed by atoms with van der Waals surface area (Å²) in [4.78, 5) is 22.1. The average molecular weight is 252 g/mol. The average Bonchev–Trinajstić information content (AvgIpc) is 2.57. The Balaban J connectivity index is 0.00000120. The molecule has 5 nitrogen and oxygen atoms in total. The zero-order chi connectivity index (χ0) is 12.0. The molecule has 1 amide bonds. The number of nitrogens with one attached hydrogen (secondary N) is 1. The van der Waals surface area contributed by atoms with Gasteiger partial charge in [0.1, 0.15) is 6.54 Å². The van der Waals surface area contributed by atoms with Crippen molar-refractivity contribution in [2.75, 3.05) is 5.32 Å². The number of hydrogen-bond acceptors (Lipinski definition) is 3. The van der Waals surface area contributed by atoms with Gasteiger partial charge in [-0.3, -0.25) is 4.79 Å². The molecule has 0 saturated heterocycles. The van der Waals surface area contributed by atoms with Crippen molar-refractivity contribution >= 4 is 28.5 Å². The molecule has 86 valence electrons. The van der Waals surface area contributed by atoms with Crippen molar-refractivity contribution in [1.82, 2.24) is 4.57 Å². The summed E-state index contributed by atoms with van der Waals surface area (Å²) in [6, 6.07) is 5.45. The third-order valence-electron chi connectivity index (χ3n) is 2.90. The maximum atomic E-state index is 11.4. The van der Waals surface area contributed by atoms with E-state index in [-0.39, 0.29) is 48.4 Å². The zero-order valence-electron chi connectivity index (χ0n) is 9.90. The maximum absolute atomic E-state index is 11.4. The number of nitrogens with zero attached hydrogens (tertiary/aromatic N) is 1. The van der Waals surface area contributed by atoms with Gasteiger partial charge in [-0.05, 0) is 11.6 Å². The molecular weight excluding hydrogens is 243 g/mol. The molecule has 0 atom stereocenters. The van der Waals surface area contributed by atoms with Crippen LogP contribution in [0.4, 0.5) is 5.69 Å². The third kappa shape index (κ3) is 2.05. The van der Waals surface area contributed by atoms with Crippen molar-refractivity contribution < 1.29 is 44.3 Å². The number of aromatic nitrogens is 1. The summed E-state index contributed by atoms with van der Waals surface area (Å²) in [7, 11) is 0. The predicted molar refractivity (Wildman–Crippen MR) is 59.3 cm³/mol. The van der Waals surface area contributed by atoms with Crippen molar-refractivity contribution in [1.29, 1.82) is 0 Å². The first-order chi connectivity index (χ1) is 8.15. The minimum Gasteiger partial charge on any atom is -0.550 e. The topological polar surface area (TPSA) is 74.2 Å². The molecule has 0 spiro atoms. The summed E-state index contributed by atoms with van der Waals surface area (Å²) in [5, 5.41) is 14.3. The number of hydrogen-bond donors (Lipinski definition) is 1. The van der Waals surface area contributed by atoms with E-state index in [1.165, 1.54) is 0 Å². The molecule has 0 unspecified atom stereocenters. The SMILES string of the molecule is O=C([O-])Cc1cn2c3c(cccc13)NC(=O)C2.[Na+]. The molecule has 3 rings (SSSR count). The molecule has 1 aliphatic heterocycles. The summed E-state index contributed by atoms with van der Waals surface area (Å²) in [5.41, 5.74) is 2.28.